The number of rotatable bonds is 9. The lowest BCUT2D eigenvalue weighted by molar-refractivity contribution is 0.249. The van der Waals surface area contributed by atoms with E-state index in [0.29, 0.717) is 11.8 Å². The van der Waals surface area contributed by atoms with Crippen LogP contribution in [0.3, 0.4) is 0 Å². The quantitative estimate of drug-likeness (QED) is 0.255. The Hall–Kier alpha value is -4.36. The molecule has 2 aromatic carbocycles. The second-order valence-electron chi connectivity index (χ2n) is 10.5. The summed E-state index contributed by atoms with van der Waals surface area (Å²) in [4.78, 5) is 16.9. The molecule has 1 atom stereocenters. The smallest absolute Gasteiger partial charge is 0.255 e. The van der Waals surface area contributed by atoms with Crippen LogP contribution in [-0.4, -0.2) is 9.55 Å². The van der Waals surface area contributed by atoms with Crippen LogP contribution < -0.4 is 10.9 Å². The third-order valence-electron chi connectivity index (χ3n) is 7.94. The summed E-state index contributed by atoms with van der Waals surface area (Å²) in [6, 6.07) is 28.2. The van der Waals surface area contributed by atoms with E-state index in [-0.39, 0.29) is 11.5 Å². The summed E-state index contributed by atoms with van der Waals surface area (Å²) in [5.41, 5.74) is 6.32. The van der Waals surface area contributed by atoms with E-state index in [0.717, 1.165) is 48.4 Å². The molecule has 1 saturated carbocycles. The molecule has 4 heteroatoms. The maximum Gasteiger partial charge on any atom is 0.255 e. The average Bonchev–Trinajstić information content (AvgIpc) is 2.99. The maximum atomic E-state index is 12.3. The van der Waals surface area contributed by atoms with Gasteiger partial charge in [0.05, 0.1) is 0 Å². The fraction of sp³-hybridized carbons (Fsp3) is 0.257. The van der Waals surface area contributed by atoms with Crippen molar-refractivity contribution in [3.05, 3.63) is 142 Å². The summed E-state index contributed by atoms with van der Waals surface area (Å²) < 4.78 is 1.68. The number of nitrogens with one attached hydrogen (secondary N) is 1. The summed E-state index contributed by atoms with van der Waals surface area (Å²) in [5.74, 6) is 3.97. The van der Waals surface area contributed by atoms with Crippen LogP contribution in [0.15, 0.2) is 114 Å². The zero-order chi connectivity index (χ0) is 27.0. The van der Waals surface area contributed by atoms with E-state index in [1.165, 1.54) is 24.0 Å². The monoisotopic (exact) mass is 513 g/mol. The number of aromatic nitrogens is 2. The fourth-order valence-electron chi connectivity index (χ4n) is 5.81. The highest BCUT2D eigenvalue weighted by Crippen LogP contribution is 2.42. The van der Waals surface area contributed by atoms with Crippen molar-refractivity contribution in [2.75, 3.05) is 0 Å². The highest BCUT2D eigenvalue weighted by atomic mass is 16.1. The number of hydrogen-bond acceptors (Lipinski definition) is 3. The Kier molecular flexibility index (Phi) is 8.39. The molecule has 196 valence electrons. The van der Waals surface area contributed by atoms with E-state index in [4.69, 9.17) is 6.42 Å². The summed E-state index contributed by atoms with van der Waals surface area (Å²) in [6.07, 6.45) is 14.7. The molecule has 1 aliphatic carbocycles. The largest absolute Gasteiger partial charge is 0.384 e. The van der Waals surface area contributed by atoms with Crippen molar-refractivity contribution in [1.82, 2.24) is 14.9 Å². The Morgan fingerprint density at radius 1 is 0.974 bits per heavy atom. The molecule has 2 aromatic heterocycles. The van der Waals surface area contributed by atoms with Gasteiger partial charge in [-0.1, -0.05) is 61.0 Å². The number of pyridine rings is 2. The van der Waals surface area contributed by atoms with Crippen LogP contribution in [0.1, 0.15) is 54.0 Å². The molecule has 4 aromatic rings. The van der Waals surface area contributed by atoms with Crippen molar-refractivity contribution < 1.29 is 0 Å². The van der Waals surface area contributed by atoms with Crippen molar-refractivity contribution in [2.45, 2.75) is 44.6 Å². The van der Waals surface area contributed by atoms with Crippen molar-refractivity contribution in [2.24, 2.45) is 11.8 Å². The summed E-state index contributed by atoms with van der Waals surface area (Å²) in [5, 5.41) is 3.64. The lowest BCUT2D eigenvalue weighted by Crippen LogP contribution is -2.27. The number of benzene rings is 2. The van der Waals surface area contributed by atoms with Crippen molar-refractivity contribution in [3.63, 3.8) is 0 Å². The van der Waals surface area contributed by atoms with Crippen LogP contribution >= 0.6 is 0 Å². The summed E-state index contributed by atoms with van der Waals surface area (Å²) in [7, 11) is 0. The molecule has 1 fully saturated rings. The van der Waals surface area contributed by atoms with Crippen LogP contribution in [0, 0.1) is 24.2 Å². The van der Waals surface area contributed by atoms with Gasteiger partial charge in [0.1, 0.15) is 0 Å². The predicted octanol–water partition coefficient (Wildman–Crippen LogP) is 6.65. The lowest BCUT2D eigenvalue weighted by atomic mass is 9.71. The molecule has 5 rings (SSSR count). The molecule has 39 heavy (non-hydrogen) atoms. The zero-order valence-corrected chi connectivity index (χ0v) is 22.3. The van der Waals surface area contributed by atoms with Crippen LogP contribution in [-0.2, 0) is 13.0 Å². The summed E-state index contributed by atoms with van der Waals surface area (Å²) >= 11 is 0. The second-order valence-corrected chi connectivity index (χ2v) is 10.5. The standard InChI is InChI=1S/C35H35N3O/c1-3-27-14-19-32(37-24-27)23-28-12-15-30(16-13-28)35(26(2)36-25-29-9-5-4-6-10-29)31-17-20-33(21-18-31)38-22-8-7-11-34(38)39/h1,4-11,14,17-22,24,28,30,35-36H,2,12-13,15-16,23,25H2. The van der Waals surface area contributed by atoms with Gasteiger partial charge in [0.2, 0.25) is 0 Å². The maximum absolute atomic E-state index is 12.3. The van der Waals surface area contributed by atoms with Crippen molar-refractivity contribution >= 4 is 0 Å². The fourth-order valence-corrected chi connectivity index (χ4v) is 5.81. The highest BCUT2D eigenvalue weighted by molar-refractivity contribution is 5.39. The Bertz CT molecular complexity index is 1470. The molecule has 0 bridgehead atoms. The van der Waals surface area contributed by atoms with Gasteiger partial charge in [0.15, 0.2) is 0 Å². The number of allylic oxidation sites excluding steroid dienone is 1. The Labute approximate surface area is 231 Å². The molecular weight excluding hydrogens is 478 g/mol. The van der Waals surface area contributed by atoms with Gasteiger partial charge in [0.25, 0.3) is 5.56 Å². The van der Waals surface area contributed by atoms with Crippen molar-refractivity contribution in [3.8, 4) is 18.0 Å². The predicted molar refractivity (Wildman–Crippen MR) is 159 cm³/mol. The van der Waals surface area contributed by atoms with E-state index in [9.17, 15) is 4.79 Å². The Balaban J connectivity index is 1.31. The Morgan fingerprint density at radius 2 is 1.72 bits per heavy atom. The van der Waals surface area contributed by atoms with Gasteiger partial charge in [-0.3, -0.25) is 14.3 Å². The molecule has 0 amide bonds. The first-order valence-corrected chi connectivity index (χ1v) is 13.8. The van der Waals surface area contributed by atoms with Gasteiger partial charge in [-0.15, -0.1) is 6.42 Å². The molecule has 4 nitrogen and oxygen atoms in total. The van der Waals surface area contributed by atoms with E-state index in [2.05, 4.69) is 65.3 Å². The molecule has 1 unspecified atom stereocenters. The molecule has 0 saturated heterocycles. The van der Waals surface area contributed by atoms with Gasteiger partial charge in [-0.2, -0.15) is 0 Å². The first-order chi connectivity index (χ1) is 19.1. The Morgan fingerprint density at radius 3 is 2.38 bits per heavy atom. The number of hydrogen-bond donors (Lipinski definition) is 1. The number of nitrogens with zero attached hydrogens (tertiary/aromatic N) is 2. The van der Waals surface area contributed by atoms with E-state index in [1.54, 1.807) is 22.9 Å². The first kappa shape index (κ1) is 26.3. The van der Waals surface area contributed by atoms with Gasteiger partial charge < -0.3 is 5.32 Å². The zero-order valence-electron chi connectivity index (χ0n) is 22.3. The molecule has 0 aliphatic heterocycles. The highest BCUT2D eigenvalue weighted by Gasteiger charge is 2.30. The molecular formula is C35H35N3O. The van der Waals surface area contributed by atoms with E-state index in [1.807, 2.05) is 36.5 Å². The van der Waals surface area contributed by atoms with Crippen LogP contribution in [0.4, 0.5) is 0 Å². The molecule has 1 N–H and O–H groups in total. The van der Waals surface area contributed by atoms with Gasteiger partial charge in [-0.25, -0.2) is 0 Å². The normalized spacial score (nSPS) is 17.6. The minimum absolute atomic E-state index is 0.0301. The number of terminal acetylenes is 1. The molecule has 2 heterocycles. The molecule has 0 radical (unpaired) electrons. The van der Waals surface area contributed by atoms with E-state index < -0.39 is 0 Å². The molecule has 0 spiro atoms. The van der Waals surface area contributed by atoms with Crippen LogP contribution in [0.5, 0.6) is 0 Å². The minimum atomic E-state index is -0.0301. The van der Waals surface area contributed by atoms with Crippen molar-refractivity contribution in [1.29, 1.82) is 0 Å². The van der Waals surface area contributed by atoms with Gasteiger partial charge in [0, 0.05) is 53.6 Å². The van der Waals surface area contributed by atoms with Gasteiger partial charge >= 0.3 is 0 Å². The topological polar surface area (TPSA) is 46.9 Å². The third-order valence-corrected chi connectivity index (χ3v) is 7.94. The minimum Gasteiger partial charge on any atom is -0.384 e. The van der Waals surface area contributed by atoms with Crippen LogP contribution in [0.25, 0.3) is 5.69 Å². The third kappa shape index (κ3) is 6.56. The SMILES string of the molecule is C#Cc1ccc(CC2CCC(C(C(=C)NCc3ccccc3)c3ccc(-n4ccccc4=O)cc3)CC2)nc1. The summed E-state index contributed by atoms with van der Waals surface area (Å²) in [6.45, 7) is 5.28. The van der Waals surface area contributed by atoms with Gasteiger partial charge in [-0.05, 0) is 85.4 Å². The lowest BCUT2D eigenvalue weighted by Gasteiger charge is -2.35. The molecule has 1 aliphatic rings. The second kappa shape index (κ2) is 12.5. The average molecular weight is 514 g/mol. The van der Waals surface area contributed by atoms with Crippen LogP contribution in [0.2, 0.25) is 0 Å². The van der Waals surface area contributed by atoms with E-state index >= 15 is 0 Å². The first-order valence-electron chi connectivity index (χ1n) is 13.8.